The minimum atomic E-state index is 0.271. The highest BCUT2D eigenvalue weighted by atomic mass is 16.3. The van der Waals surface area contributed by atoms with Gasteiger partial charge in [0.2, 0.25) is 0 Å². The SMILES string of the molecule is CCC(CC)N(C)CCC(CO)NC1CC1. The lowest BCUT2D eigenvalue weighted by Crippen LogP contribution is -2.39. The molecule has 1 fully saturated rings. The third-order valence-corrected chi connectivity index (χ3v) is 3.67. The Bertz CT molecular complexity index is 177. The Morgan fingerprint density at radius 1 is 1.31 bits per heavy atom. The largest absolute Gasteiger partial charge is 0.395 e. The van der Waals surface area contributed by atoms with Gasteiger partial charge in [-0.3, -0.25) is 0 Å². The van der Waals surface area contributed by atoms with Crippen molar-refractivity contribution in [3.05, 3.63) is 0 Å². The molecule has 0 saturated heterocycles. The monoisotopic (exact) mass is 228 g/mol. The summed E-state index contributed by atoms with van der Waals surface area (Å²) < 4.78 is 0. The van der Waals surface area contributed by atoms with Gasteiger partial charge in [0.25, 0.3) is 0 Å². The molecule has 1 aliphatic rings. The van der Waals surface area contributed by atoms with Crippen LogP contribution in [0.4, 0.5) is 0 Å². The first kappa shape index (κ1) is 13.9. The van der Waals surface area contributed by atoms with Crippen LogP contribution >= 0.6 is 0 Å². The van der Waals surface area contributed by atoms with E-state index in [1.165, 1.54) is 25.7 Å². The highest BCUT2D eigenvalue weighted by molar-refractivity contribution is 4.85. The average Bonchev–Trinajstić information content (AvgIpc) is 3.09. The maximum atomic E-state index is 9.29. The van der Waals surface area contributed by atoms with Crippen LogP contribution in [0.15, 0.2) is 0 Å². The van der Waals surface area contributed by atoms with Crippen molar-refractivity contribution >= 4 is 0 Å². The average molecular weight is 228 g/mol. The summed E-state index contributed by atoms with van der Waals surface area (Å²) in [5.74, 6) is 0. The van der Waals surface area contributed by atoms with E-state index in [0.717, 1.165) is 13.0 Å². The van der Waals surface area contributed by atoms with Gasteiger partial charge in [-0.25, -0.2) is 0 Å². The van der Waals surface area contributed by atoms with Crippen LogP contribution in [0.1, 0.15) is 46.0 Å². The van der Waals surface area contributed by atoms with Crippen LogP contribution < -0.4 is 5.32 Å². The minimum Gasteiger partial charge on any atom is -0.395 e. The highest BCUT2D eigenvalue weighted by Gasteiger charge is 2.24. The summed E-state index contributed by atoms with van der Waals surface area (Å²) in [5.41, 5.74) is 0. The molecule has 1 aliphatic carbocycles. The smallest absolute Gasteiger partial charge is 0.0585 e. The fraction of sp³-hybridized carbons (Fsp3) is 1.00. The Hall–Kier alpha value is -0.120. The first-order chi connectivity index (χ1) is 7.71. The van der Waals surface area contributed by atoms with Crippen LogP contribution in [0, 0.1) is 0 Å². The Labute approximate surface area is 100 Å². The molecule has 1 saturated carbocycles. The van der Waals surface area contributed by atoms with Crippen molar-refractivity contribution < 1.29 is 5.11 Å². The van der Waals surface area contributed by atoms with E-state index in [-0.39, 0.29) is 6.61 Å². The number of nitrogens with zero attached hydrogens (tertiary/aromatic N) is 1. The fourth-order valence-electron chi connectivity index (χ4n) is 2.26. The molecule has 3 heteroatoms. The molecular formula is C13H28N2O. The lowest BCUT2D eigenvalue weighted by Gasteiger charge is -2.27. The van der Waals surface area contributed by atoms with E-state index in [1.807, 2.05) is 0 Å². The fourth-order valence-corrected chi connectivity index (χ4v) is 2.26. The maximum Gasteiger partial charge on any atom is 0.0585 e. The number of aliphatic hydroxyl groups excluding tert-OH is 1. The molecule has 0 aromatic heterocycles. The van der Waals surface area contributed by atoms with Crippen LogP contribution in [0.25, 0.3) is 0 Å². The summed E-state index contributed by atoms with van der Waals surface area (Å²) in [7, 11) is 2.20. The van der Waals surface area contributed by atoms with E-state index in [0.29, 0.717) is 18.1 Å². The lowest BCUT2D eigenvalue weighted by atomic mass is 10.1. The highest BCUT2D eigenvalue weighted by Crippen LogP contribution is 2.20. The second-order valence-corrected chi connectivity index (χ2v) is 5.06. The van der Waals surface area contributed by atoms with Crippen molar-refractivity contribution in [1.82, 2.24) is 10.2 Å². The van der Waals surface area contributed by atoms with Crippen LogP contribution in [0.2, 0.25) is 0 Å². The Balaban J connectivity index is 2.18. The lowest BCUT2D eigenvalue weighted by molar-refractivity contribution is 0.188. The topological polar surface area (TPSA) is 35.5 Å². The van der Waals surface area contributed by atoms with Gasteiger partial charge in [0.1, 0.15) is 0 Å². The second kappa shape index (κ2) is 7.25. The second-order valence-electron chi connectivity index (χ2n) is 5.06. The molecule has 2 N–H and O–H groups in total. The van der Waals surface area contributed by atoms with Crippen molar-refractivity contribution in [2.45, 2.75) is 64.1 Å². The zero-order valence-electron chi connectivity index (χ0n) is 11.1. The molecule has 0 radical (unpaired) electrons. The van der Waals surface area contributed by atoms with E-state index in [1.54, 1.807) is 0 Å². The van der Waals surface area contributed by atoms with Gasteiger partial charge in [-0.1, -0.05) is 13.8 Å². The summed E-state index contributed by atoms with van der Waals surface area (Å²) in [4.78, 5) is 2.43. The predicted molar refractivity (Wildman–Crippen MR) is 68.6 cm³/mol. The van der Waals surface area contributed by atoms with Crippen molar-refractivity contribution in [1.29, 1.82) is 0 Å². The molecule has 1 rings (SSSR count). The molecular weight excluding hydrogens is 200 g/mol. The van der Waals surface area contributed by atoms with E-state index < -0.39 is 0 Å². The first-order valence-electron chi connectivity index (χ1n) is 6.78. The number of hydrogen-bond donors (Lipinski definition) is 2. The minimum absolute atomic E-state index is 0.271. The number of hydrogen-bond acceptors (Lipinski definition) is 3. The molecule has 16 heavy (non-hydrogen) atoms. The van der Waals surface area contributed by atoms with Crippen molar-refractivity contribution in [3.63, 3.8) is 0 Å². The van der Waals surface area contributed by atoms with Gasteiger partial charge in [0, 0.05) is 18.1 Å². The predicted octanol–water partition coefficient (Wildman–Crippen LogP) is 1.61. The van der Waals surface area contributed by atoms with Gasteiger partial charge < -0.3 is 15.3 Å². The third kappa shape index (κ3) is 4.81. The van der Waals surface area contributed by atoms with Crippen molar-refractivity contribution in [2.75, 3.05) is 20.2 Å². The number of aliphatic hydroxyl groups is 1. The van der Waals surface area contributed by atoms with Gasteiger partial charge in [0.15, 0.2) is 0 Å². The zero-order chi connectivity index (χ0) is 12.0. The number of rotatable bonds is 9. The molecule has 96 valence electrons. The third-order valence-electron chi connectivity index (χ3n) is 3.67. The Morgan fingerprint density at radius 3 is 2.38 bits per heavy atom. The van der Waals surface area contributed by atoms with Crippen molar-refractivity contribution in [2.24, 2.45) is 0 Å². The summed E-state index contributed by atoms with van der Waals surface area (Å²) in [6.07, 6.45) is 6.07. The normalized spacial score (nSPS) is 18.4. The molecule has 0 amide bonds. The summed E-state index contributed by atoms with van der Waals surface area (Å²) in [6, 6.07) is 1.68. The van der Waals surface area contributed by atoms with Gasteiger partial charge in [-0.15, -0.1) is 0 Å². The van der Waals surface area contributed by atoms with Crippen LogP contribution in [-0.2, 0) is 0 Å². The van der Waals surface area contributed by atoms with E-state index in [2.05, 4.69) is 31.1 Å². The summed E-state index contributed by atoms with van der Waals surface area (Å²) >= 11 is 0. The van der Waals surface area contributed by atoms with Gasteiger partial charge in [-0.2, -0.15) is 0 Å². The van der Waals surface area contributed by atoms with Crippen LogP contribution in [0.5, 0.6) is 0 Å². The quantitative estimate of drug-likeness (QED) is 0.629. The molecule has 0 heterocycles. The van der Waals surface area contributed by atoms with E-state index in [9.17, 15) is 5.11 Å². The zero-order valence-corrected chi connectivity index (χ0v) is 11.1. The van der Waals surface area contributed by atoms with Gasteiger partial charge in [-0.05, 0) is 45.7 Å². The van der Waals surface area contributed by atoms with Gasteiger partial charge >= 0.3 is 0 Å². The maximum absolute atomic E-state index is 9.29. The molecule has 0 bridgehead atoms. The van der Waals surface area contributed by atoms with Crippen LogP contribution in [0.3, 0.4) is 0 Å². The standard InChI is InChI=1S/C13H28N2O/c1-4-13(5-2)15(3)9-8-12(10-16)14-11-6-7-11/h11-14,16H,4-10H2,1-3H3. The Morgan fingerprint density at radius 2 is 1.94 bits per heavy atom. The van der Waals surface area contributed by atoms with E-state index in [4.69, 9.17) is 0 Å². The summed E-state index contributed by atoms with van der Waals surface area (Å²) in [5, 5.41) is 12.8. The first-order valence-corrected chi connectivity index (χ1v) is 6.78. The molecule has 3 nitrogen and oxygen atoms in total. The molecule has 0 spiro atoms. The molecule has 0 aromatic rings. The van der Waals surface area contributed by atoms with Crippen molar-refractivity contribution in [3.8, 4) is 0 Å². The molecule has 0 aromatic carbocycles. The van der Waals surface area contributed by atoms with Gasteiger partial charge in [0.05, 0.1) is 6.61 Å². The van der Waals surface area contributed by atoms with Crippen LogP contribution in [-0.4, -0.2) is 48.3 Å². The van der Waals surface area contributed by atoms with E-state index >= 15 is 0 Å². The summed E-state index contributed by atoms with van der Waals surface area (Å²) in [6.45, 7) is 5.85. The molecule has 1 atom stereocenters. The molecule has 1 unspecified atom stereocenters. The number of nitrogens with one attached hydrogen (secondary N) is 1. The molecule has 0 aliphatic heterocycles. The Kier molecular flexibility index (Phi) is 6.32.